The summed E-state index contributed by atoms with van der Waals surface area (Å²) >= 11 is 0. The molecule has 3 aromatic rings. The first kappa shape index (κ1) is 30.7. The molecule has 16 nitrogen and oxygen atoms in total. The fraction of sp³-hybridized carbons (Fsp3) is 0.444. The van der Waals surface area contributed by atoms with Gasteiger partial charge in [-0.25, -0.2) is 0 Å². The predicted molar refractivity (Wildman–Crippen MR) is 140 cm³/mol. The molecule has 10 unspecified atom stereocenters. The van der Waals surface area contributed by atoms with Gasteiger partial charge in [0.05, 0.1) is 12.7 Å². The molecule has 0 saturated carbocycles. The normalized spacial score (nSPS) is 33.0. The van der Waals surface area contributed by atoms with E-state index in [0.717, 1.165) is 24.3 Å². The monoisotopic (exact) mass is 610 g/mol. The number of rotatable bonds is 6. The molecule has 2 saturated heterocycles. The number of benzene rings is 2. The third kappa shape index (κ3) is 5.55. The molecule has 3 heterocycles. The van der Waals surface area contributed by atoms with Crippen LogP contribution in [0.2, 0.25) is 0 Å². The van der Waals surface area contributed by atoms with Crippen molar-refractivity contribution in [1.82, 2.24) is 0 Å². The zero-order valence-electron chi connectivity index (χ0n) is 22.3. The molecule has 2 aliphatic heterocycles. The Morgan fingerprint density at radius 3 is 2.19 bits per heavy atom. The summed E-state index contributed by atoms with van der Waals surface area (Å²) in [6.45, 7) is 0.677. The molecule has 234 valence electrons. The third-order valence-corrected chi connectivity index (χ3v) is 7.34. The molecular weight excluding hydrogens is 580 g/mol. The van der Waals surface area contributed by atoms with Gasteiger partial charge in [-0.3, -0.25) is 4.79 Å². The van der Waals surface area contributed by atoms with E-state index in [4.69, 9.17) is 23.4 Å². The average Bonchev–Trinajstić information content (AvgIpc) is 2.97. The van der Waals surface area contributed by atoms with Crippen molar-refractivity contribution >= 4 is 11.0 Å². The van der Waals surface area contributed by atoms with Crippen molar-refractivity contribution < 1.29 is 74.4 Å². The number of phenolic OH excluding ortho intramolecular Hbond substituents is 3. The van der Waals surface area contributed by atoms with E-state index < -0.39 is 108 Å². The maximum atomic E-state index is 12.9. The van der Waals surface area contributed by atoms with Crippen LogP contribution >= 0.6 is 0 Å². The molecule has 5 rings (SSSR count). The summed E-state index contributed by atoms with van der Waals surface area (Å²) in [7, 11) is 0. The second-order valence-electron chi connectivity index (χ2n) is 10.2. The van der Waals surface area contributed by atoms with Crippen LogP contribution in [-0.2, 0) is 14.2 Å². The summed E-state index contributed by atoms with van der Waals surface area (Å²) in [5.41, 5.74) is -1.29. The molecule has 0 bridgehead atoms. The van der Waals surface area contributed by atoms with Crippen LogP contribution in [-0.4, -0.2) is 119 Å². The highest BCUT2D eigenvalue weighted by atomic mass is 16.7. The molecular formula is C27H30O16. The molecule has 10 N–H and O–H groups in total. The molecule has 0 aliphatic carbocycles. The van der Waals surface area contributed by atoms with E-state index in [0.29, 0.717) is 0 Å². The zero-order chi connectivity index (χ0) is 31.3. The Morgan fingerprint density at radius 2 is 1.51 bits per heavy atom. The maximum absolute atomic E-state index is 12.9. The van der Waals surface area contributed by atoms with E-state index in [1.807, 2.05) is 0 Å². The molecule has 2 aliphatic rings. The van der Waals surface area contributed by atoms with Gasteiger partial charge < -0.3 is 74.4 Å². The van der Waals surface area contributed by atoms with Crippen LogP contribution in [0.5, 0.6) is 28.7 Å². The molecule has 2 aromatic carbocycles. The molecule has 16 heteroatoms. The fourth-order valence-corrected chi connectivity index (χ4v) is 4.92. The summed E-state index contributed by atoms with van der Waals surface area (Å²) in [5.74, 6) is -3.19. The summed E-state index contributed by atoms with van der Waals surface area (Å²) in [5, 5.41) is 101. The Morgan fingerprint density at radius 1 is 0.791 bits per heavy atom. The van der Waals surface area contributed by atoms with Crippen LogP contribution in [0, 0.1) is 0 Å². The molecule has 2 fully saturated rings. The van der Waals surface area contributed by atoms with Crippen molar-refractivity contribution in [3.8, 4) is 40.1 Å². The van der Waals surface area contributed by atoms with Crippen molar-refractivity contribution in [3.63, 3.8) is 0 Å². The lowest BCUT2D eigenvalue weighted by atomic mass is 9.97. The zero-order valence-corrected chi connectivity index (χ0v) is 22.3. The fourth-order valence-electron chi connectivity index (χ4n) is 4.92. The van der Waals surface area contributed by atoms with E-state index in [2.05, 4.69) is 0 Å². The summed E-state index contributed by atoms with van der Waals surface area (Å²) in [6, 6.07) is 5.51. The highest BCUT2D eigenvalue weighted by molar-refractivity contribution is 5.88. The number of ether oxygens (including phenoxy) is 4. The minimum Gasteiger partial charge on any atom is -0.507 e. The first-order valence-corrected chi connectivity index (χ1v) is 13.0. The van der Waals surface area contributed by atoms with E-state index in [9.17, 15) is 55.9 Å². The molecule has 0 amide bonds. The second kappa shape index (κ2) is 11.8. The highest BCUT2D eigenvalue weighted by Gasteiger charge is 2.50. The first-order chi connectivity index (χ1) is 20.3. The van der Waals surface area contributed by atoms with Crippen LogP contribution in [0.15, 0.2) is 39.5 Å². The predicted octanol–water partition coefficient (Wildman–Crippen LogP) is -1.69. The lowest BCUT2D eigenvalue weighted by Crippen LogP contribution is -2.64. The van der Waals surface area contributed by atoms with Gasteiger partial charge in [-0.2, -0.15) is 0 Å². The number of hydrogen-bond acceptors (Lipinski definition) is 16. The van der Waals surface area contributed by atoms with Crippen molar-refractivity contribution in [1.29, 1.82) is 0 Å². The molecule has 0 radical (unpaired) electrons. The molecule has 1 aromatic heterocycles. The quantitative estimate of drug-likeness (QED) is 0.140. The van der Waals surface area contributed by atoms with Crippen LogP contribution < -0.4 is 10.2 Å². The van der Waals surface area contributed by atoms with Crippen molar-refractivity contribution in [2.24, 2.45) is 0 Å². The Hall–Kier alpha value is -3.71. The van der Waals surface area contributed by atoms with Crippen LogP contribution in [0.1, 0.15) is 6.92 Å². The van der Waals surface area contributed by atoms with Gasteiger partial charge >= 0.3 is 0 Å². The van der Waals surface area contributed by atoms with Gasteiger partial charge in [0.25, 0.3) is 0 Å². The van der Waals surface area contributed by atoms with Crippen LogP contribution in [0.3, 0.4) is 0 Å². The van der Waals surface area contributed by atoms with Gasteiger partial charge in [0.15, 0.2) is 23.5 Å². The molecule has 10 atom stereocenters. The van der Waals surface area contributed by atoms with Gasteiger partial charge in [-0.05, 0) is 25.1 Å². The summed E-state index contributed by atoms with van der Waals surface area (Å²) in [6.07, 6.45) is -15.8. The van der Waals surface area contributed by atoms with Crippen molar-refractivity contribution in [2.75, 3.05) is 6.61 Å². The van der Waals surface area contributed by atoms with E-state index in [1.165, 1.54) is 13.0 Å². The smallest absolute Gasteiger partial charge is 0.238 e. The van der Waals surface area contributed by atoms with Gasteiger partial charge in [0, 0.05) is 17.7 Å². The lowest BCUT2D eigenvalue weighted by molar-refractivity contribution is -0.350. The lowest BCUT2D eigenvalue weighted by Gasteiger charge is -2.45. The Balaban J connectivity index is 1.43. The van der Waals surface area contributed by atoms with E-state index in [-0.39, 0.29) is 16.9 Å². The van der Waals surface area contributed by atoms with E-state index >= 15 is 0 Å². The number of aliphatic hydroxyl groups is 6. The number of hydrogen-bond donors (Lipinski definition) is 10. The van der Waals surface area contributed by atoms with Crippen molar-refractivity contribution in [3.05, 3.63) is 40.6 Å². The summed E-state index contributed by atoms with van der Waals surface area (Å²) in [4.78, 5) is 12.9. The first-order valence-electron chi connectivity index (χ1n) is 13.0. The standard InChI is InChI=1S/C27H30O16/c1-8-17(32)25(43-26-22(37)20(35)18(33)15(7-28)42-26)23(38)27(39-8)40-10-5-13(31)16-14(6-10)41-24(21(36)19(16)34)9-2-3-11(29)12(30)4-9/h2-6,8,15,17-18,20,22-23,25-33,35-38H,7H2,1H3. The average molecular weight is 611 g/mol. The second-order valence-corrected chi connectivity index (χ2v) is 10.2. The minimum atomic E-state index is -1.82. The number of phenols is 3. The Labute approximate surface area is 241 Å². The number of aliphatic hydroxyl groups excluding tert-OH is 6. The Bertz CT molecular complexity index is 1540. The van der Waals surface area contributed by atoms with Crippen molar-refractivity contribution in [2.45, 2.75) is 68.3 Å². The van der Waals surface area contributed by atoms with Gasteiger partial charge in [0.1, 0.15) is 65.2 Å². The SMILES string of the molecule is CC1OC(Oc2cc(O)c3c(=O)c(O)c(-c4ccc(O)c(O)c4)oc3c2)C(O)C(OC2OC(CO)C(O)C(O)C2O)C1O. The van der Waals surface area contributed by atoms with Crippen LogP contribution in [0.25, 0.3) is 22.3 Å². The largest absolute Gasteiger partial charge is 0.507 e. The van der Waals surface area contributed by atoms with Gasteiger partial charge in [0.2, 0.25) is 17.5 Å². The molecule has 43 heavy (non-hydrogen) atoms. The molecule has 0 spiro atoms. The minimum absolute atomic E-state index is 0.0136. The van der Waals surface area contributed by atoms with Crippen LogP contribution in [0.4, 0.5) is 0 Å². The summed E-state index contributed by atoms with van der Waals surface area (Å²) < 4.78 is 27.8. The van der Waals surface area contributed by atoms with Gasteiger partial charge in [-0.1, -0.05) is 0 Å². The van der Waals surface area contributed by atoms with E-state index in [1.54, 1.807) is 0 Å². The Kier molecular flexibility index (Phi) is 8.41. The topological polar surface area (TPSA) is 269 Å². The third-order valence-electron chi connectivity index (χ3n) is 7.34. The number of fused-ring (bicyclic) bond motifs is 1. The maximum Gasteiger partial charge on any atom is 0.238 e. The highest BCUT2D eigenvalue weighted by Crippen LogP contribution is 2.39. The number of aromatic hydroxyl groups is 4. The van der Waals surface area contributed by atoms with Gasteiger partial charge in [-0.15, -0.1) is 0 Å².